The van der Waals surface area contributed by atoms with Crippen molar-refractivity contribution < 1.29 is 14.3 Å². The summed E-state index contributed by atoms with van der Waals surface area (Å²) in [6, 6.07) is 23.2. The molecule has 0 spiro atoms. The van der Waals surface area contributed by atoms with Gasteiger partial charge in [0, 0.05) is 17.8 Å². The Hall–Kier alpha value is -4.12. The Balaban J connectivity index is 1.93. The van der Waals surface area contributed by atoms with Gasteiger partial charge in [0.2, 0.25) is 5.91 Å². The number of aromatic amines is 1. The molecular formula is C26H22N2O3. The topological polar surface area (TPSA) is 71.2 Å². The minimum Gasteiger partial charge on any atom is -0.465 e. The summed E-state index contributed by atoms with van der Waals surface area (Å²) in [5, 5.41) is 3.62. The fourth-order valence-electron chi connectivity index (χ4n) is 3.58. The highest BCUT2D eigenvalue weighted by Gasteiger charge is 2.21. The molecule has 1 aromatic heterocycles. The molecule has 5 heteroatoms. The molecule has 0 bridgehead atoms. The van der Waals surface area contributed by atoms with E-state index in [1.54, 1.807) is 0 Å². The molecule has 4 rings (SSSR count). The first-order chi connectivity index (χ1) is 15.1. The maximum absolute atomic E-state index is 12.7. The summed E-state index contributed by atoms with van der Waals surface area (Å²) in [6.45, 7) is 1.47. The lowest BCUT2D eigenvalue weighted by molar-refractivity contribution is -0.114. The number of methoxy groups -OCH3 is 1. The van der Waals surface area contributed by atoms with Crippen molar-refractivity contribution in [2.24, 2.45) is 0 Å². The summed E-state index contributed by atoms with van der Waals surface area (Å²) in [5.41, 5.74) is 5.23. The second-order valence-corrected chi connectivity index (χ2v) is 7.14. The molecule has 3 aromatic carbocycles. The smallest absolute Gasteiger partial charge is 0.340 e. The van der Waals surface area contributed by atoms with Gasteiger partial charge in [-0.05, 0) is 28.8 Å². The van der Waals surface area contributed by atoms with Gasteiger partial charge in [-0.25, -0.2) is 4.79 Å². The Kier molecular flexibility index (Phi) is 5.67. The zero-order chi connectivity index (χ0) is 21.8. The lowest BCUT2D eigenvalue weighted by Gasteiger charge is -2.08. The molecule has 154 valence electrons. The van der Waals surface area contributed by atoms with E-state index in [1.165, 1.54) is 14.0 Å². The number of anilines is 1. The molecule has 5 nitrogen and oxygen atoms in total. The van der Waals surface area contributed by atoms with Crippen LogP contribution in [-0.4, -0.2) is 24.0 Å². The van der Waals surface area contributed by atoms with Crippen molar-refractivity contribution in [1.29, 1.82) is 0 Å². The highest BCUT2D eigenvalue weighted by Crippen LogP contribution is 2.34. The van der Waals surface area contributed by atoms with E-state index in [9.17, 15) is 9.59 Å². The molecule has 0 aliphatic carbocycles. The van der Waals surface area contributed by atoms with Gasteiger partial charge in [-0.3, -0.25) is 4.79 Å². The fraction of sp³-hybridized carbons (Fsp3) is 0.0769. The molecule has 4 aromatic rings. The second-order valence-electron chi connectivity index (χ2n) is 7.14. The lowest BCUT2D eigenvalue weighted by Crippen LogP contribution is -2.07. The molecular weight excluding hydrogens is 388 g/mol. The summed E-state index contributed by atoms with van der Waals surface area (Å²) >= 11 is 0. The van der Waals surface area contributed by atoms with E-state index in [0.29, 0.717) is 16.9 Å². The predicted molar refractivity (Wildman–Crippen MR) is 125 cm³/mol. The van der Waals surface area contributed by atoms with Crippen LogP contribution in [0.4, 0.5) is 5.69 Å². The van der Waals surface area contributed by atoms with Crippen molar-refractivity contribution >= 4 is 40.6 Å². The van der Waals surface area contributed by atoms with Crippen molar-refractivity contribution in [2.75, 3.05) is 12.4 Å². The quantitative estimate of drug-likeness (QED) is 0.325. The zero-order valence-corrected chi connectivity index (χ0v) is 17.3. The monoisotopic (exact) mass is 410 g/mol. The Labute approximate surface area is 180 Å². The first kappa shape index (κ1) is 20.2. The Morgan fingerprint density at radius 3 is 2.26 bits per heavy atom. The lowest BCUT2D eigenvalue weighted by atomic mass is 10.0. The van der Waals surface area contributed by atoms with Gasteiger partial charge in [0.1, 0.15) is 0 Å². The van der Waals surface area contributed by atoms with Crippen LogP contribution in [0.3, 0.4) is 0 Å². The third kappa shape index (κ3) is 4.26. The van der Waals surface area contributed by atoms with Gasteiger partial charge in [0.05, 0.1) is 24.1 Å². The molecule has 0 saturated carbocycles. The van der Waals surface area contributed by atoms with E-state index < -0.39 is 5.97 Å². The summed E-state index contributed by atoms with van der Waals surface area (Å²) in [7, 11) is 1.37. The third-order valence-electron chi connectivity index (χ3n) is 4.99. The fourth-order valence-corrected chi connectivity index (χ4v) is 3.58. The first-order valence-corrected chi connectivity index (χ1v) is 9.91. The van der Waals surface area contributed by atoms with E-state index in [1.807, 2.05) is 84.9 Å². The second kappa shape index (κ2) is 8.71. The molecule has 2 N–H and O–H groups in total. The first-order valence-electron chi connectivity index (χ1n) is 9.91. The van der Waals surface area contributed by atoms with Gasteiger partial charge in [-0.15, -0.1) is 0 Å². The van der Waals surface area contributed by atoms with E-state index >= 15 is 0 Å². The van der Waals surface area contributed by atoms with Gasteiger partial charge in [-0.1, -0.05) is 72.8 Å². The predicted octanol–water partition coefficient (Wildman–Crippen LogP) is 5.75. The van der Waals surface area contributed by atoms with Crippen molar-refractivity contribution in [3.05, 3.63) is 89.5 Å². The van der Waals surface area contributed by atoms with Crippen LogP contribution in [0.15, 0.2) is 72.8 Å². The number of aromatic nitrogens is 1. The van der Waals surface area contributed by atoms with Crippen molar-refractivity contribution in [3.63, 3.8) is 0 Å². The van der Waals surface area contributed by atoms with E-state index in [4.69, 9.17) is 4.74 Å². The molecule has 0 radical (unpaired) electrons. The largest absolute Gasteiger partial charge is 0.465 e. The van der Waals surface area contributed by atoms with Crippen molar-refractivity contribution in [2.45, 2.75) is 6.92 Å². The van der Waals surface area contributed by atoms with Crippen LogP contribution < -0.4 is 5.32 Å². The summed E-state index contributed by atoms with van der Waals surface area (Å²) in [4.78, 5) is 27.8. The van der Waals surface area contributed by atoms with Gasteiger partial charge in [0.15, 0.2) is 0 Å². The Morgan fingerprint density at radius 1 is 0.935 bits per heavy atom. The summed E-state index contributed by atoms with van der Waals surface area (Å²) < 4.78 is 5.08. The van der Waals surface area contributed by atoms with E-state index in [-0.39, 0.29) is 5.91 Å². The number of benzene rings is 3. The molecule has 0 unspecified atom stereocenters. The van der Waals surface area contributed by atoms with Crippen LogP contribution in [0.25, 0.3) is 34.3 Å². The van der Waals surface area contributed by atoms with Crippen LogP contribution in [0, 0.1) is 0 Å². The molecule has 0 fully saturated rings. The number of amides is 1. The van der Waals surface area contributed by atoms with Crippen molar-refractivity contribution in [3.8, 4) is 11.3 Å². The molecule has 0 aliphatic rings. The van der Waals surface area contributed by atoms with Gasteiger partial charge in [0.25, 0.3) is 0 Å². The van der Waals surface area contributed by atoms with Gasteiger partial charge >= 0.3 is 5.97 Å². The average Bonchev–Trinajstić information content (AvgIpc) is 3.16. The number of hydrogen-bond acceptors (Lipinski definition) is 3. The number of nitrogens with one attached hydrogen (secondary N) is 2. The van der Waals surface area contributed by atoms with Crippen LogP contribution >= 0.6 is 0 Å². The van der Waals surface area contributed by atoms with Crippen LogP contribution in [-0.2, 0) is 9.53 Å². The van der Waals surface area contributed by atoms with Crippen LogP contribution in [0.2, 0.25) is 0 Å². The number of H-pyrrole nitrogens is 1. The highest BCUT2D eigenvalue weighted by atomic mass is 16.5. The minimum absolute atomic E-state index is 0.170. The van der Waals surface area contributed by atoms with Crippen LogP contribution in [0.5, 0.6) is 0 Å². The maximum Gasteiger partial charge on any atom is 0.340 e. The van der Waals surface area contributed by atoms with E-state index in [0.717, 1.165) is 27.6 Å². The van der Waals surface area contributed by atoms with Crippen LogP contribution in [0.1, 0.15) is 28.4 Å². The Bertz CT molecular complexity index is 1270. The molecule has 1 amide bonds. The minimum atomic E-state index is -0.421. The summed E-state index contributed by atoms with van der Waals surface area (Å²) in [5.74, 6) is -0.591. The number of rotatable bonds is 5. The Morgan fingerprint density at radius 2 is 1.61 bits per heavy atom. The third-order valence-corrected chi connectivity index (χ3v) is 4.99. The number of fused-ring (bicyclic) bond motifs is 1. The standard InChI is InChI=1S/C26H22N2O3/c1-17(29)27-22-16-23-21(15-20(22)14-13-18-9-5-3-6-10-18)24(26(30)31-2)25(28-23)19-11-7-4-8-12-19/h3-16,28H,1-2H3,(H,27,29)/b14-13+. The SMILES string of the molecule is COC(=O)c1c(-c2ccccc2)[nH]c2cc(NC(C)=O)c(/C=C/c3ccccc3)cc12. The number of esters is 1. The zero-order valence-electron chi connectivity index (χ0n) is 17.3. The highest BCUT2D eigenvalue weighted by molar-refractivity contribution is 6.12. The van der Waals surface area contributed by atoms with Gasteiger partial charge < -0.3 is 15.0 Å². The molecule has 0 aliphatic heterocycles. The molecule has 31 heavy (non-hydrogen) atoms. The van der Waals surface area contributed by atoms with Crippen molar-refractivity contribution in [1.82, 2.24) is 4.98 Å². The van der Waals surface area contributed by atoms with Gasteiger partial charge in [-0.2, -0.15) is 0 Å². The normalized spacial score (nSPS) is 11.0. The number of ether oxygens (including phenoxy) is 1. The number of hydrogen-bond donors (Lipinski definition) is 2. The number of carbonyl (C=O) groups excluding carboxylic acids is 2. The molecule has 0 atom stereocenters. The number of carbonyl (C=O) groups is 2. The average molecular weight is 410 g/mol. The summed E-state index contributed by atoms with van der Waals surface area (Å²) in [6.07, 6.45) is 3.89. The van der Waals surface area contributed by atoms with E-state index in [2.05, 4.69) is 10.3 Å². The molecule has 1 heterocycles. The molecule has 0 saturated heterocycles. The maximum atomic E-state index is 12.7.